The van der Waals surface area contributed by atoms with Crippen LogP contribution in [0.1, 0.15) is 25.3 Å². The fourth-order valence-corrected chi connectivity index (χ4v) is 4.22. The molecular formula is C14H17ClN2S. The van der Waals surface area contributed by atoms with Gasteiger partial charge < -0.3 is 5.32 Å². The minimum atomic E-state index is 0.205. The first kappa shape index (κ1) is 12.4. The fraction of sp³-hybridized carbons (Fsp3) is 0.500. The highest BCUT2D eigenvalue weighted by molar-refractivity contribution is 7.18. The van der Waals surface area contributed by atoms with Crippen LogP contribution in [0.25, 0.3) is 10.2 Å². The fourth-order valence-electron chi connectivity index (χ4n) is 2.75. The molecule has 1 atom stereocenters. The first-order valence-electron chi connectivity index (χ1n) is 6.39. The molecule has 1 aliphatic rings. The minimum absolute atomic E-state index is 0.205. The Morgan fingerprint density at radius 3 is 2.94 bits per heavy atom. The minimum Gasteiger partial charge on any atom is -0.316 e. The van der Waals surface area contributed by atoms with Gasteiger partial charge >= 0.3 is 0 Å². The maximum atomic E-state index is 6.04. The van der Waals surface area contributed by atoms with E-state index in [9.17, 15) is 0 Å². The van der Waals surface area contributed by atoms with Gasteiger partial charge in [0.05, 0.1) is 10.2 Å². The van der Waals surface area contributed by atoms with Crippen LogP contribution >= 0.6 is 22.9 Å². The Kier molecular flexibility index (Phi) is 3.08. The highest BCUT2D eigenvalue weighted by Crippen LogP contribution is 2.41. The van der Waals surface area contributed by atoms with Crippen LogP contribution in [-0.2, 0) is 5.41 Å². The van der Waals surface area contributed by atoms with E-state index in [1.807, 2.05) is 23.5 Å². The molecule has 96 valence electrons. The summed E-state index contributed by atoms with van der Waals surface area (Å²) in [5, 5.41) is 5.52. The van der Waals surface area contributed by atoms with E-state index >= 15 is 0 Å². The number of hydrogen-bond acceptors (Lipinski definition) is 3. The number of nitrogens with one attached hydrogen (secondary N) is 1. The lowest BCUT2D eigenvalue weighted by Crippen LogP contribution is -2.34. The van der Waals surface area contributed by atoms with Crippen LogP contribution in [0.5, 0.6) is 0 Å². The third-order valence-corrected chi connectivity index (χ3v) is 5.56. The number of thiazole rings is 1. The lowest BCUT2D eigenvalue weighted by molar-refractivity contribution is 0.336. The maximum absolute atomic E-state index is 6.04. The summed E-state index contributed by atoms with van der Waals surface area (Å²) in [6, 6.07) is 5.99. The molecule has 0 aliphatic carbocycles. The summed E-state index contributed by atoms with van der Waals surface area (Å²) in [5.41, 5.74) is 1.24. The van der Waals surface area contributed by atoms with E-state index in [0.717, 1.165) is 23.6 Å². The van der Waals surface area contributed by atoms with E-state index in [0.29, 0.717) is 5.92 Å². The highest BCUT2D eigenvalue weighted by atomic mass is 35.5. The first-order valence-corrected chi connectivity index (χ1v) is 7.58. The van der Waals surface area contributed by atoms with Crippen molar-refractivity contribution >= 4 is 33.2 Å². The molecule has 2 nitrogen and oxygen atoms in total. The summed E-state index contributed by atoms with van der Waals surface area (Å²) in [6.07, 6.45) is 1.18. The Morgan fingerprint density at radius 1 is 1.44 bits per heavy atom. The van der Waals surface area contributed by atoms with E-state index in [1.54, 1.807) is 0 Å². The van der Waals surface area contributed by atoms with Crippen LogP contribution in [0.2, 0.25) is 5.02 Å². The van der Waals surface area contributed by atoms with Crippen LogP contribution < -0.4 is 5.32 Å². The molecule has 18 heavy (non-hydrogen) atoms. The molecule has 1 unspecified atom stereocenters. The Morgan fingerprint density at radius 2 is 2.28 bits per heavy atom. The quantitative estimate of drug-likeness (QED) is 0.904. The van der Waals surface area contributed by atoms with Crippen molar-refractivity contribution in [2.24, 2.45) is 5.92 Å². The molecule has 3 rings (SSSR count). The molecule has 4 heteroatoms. The second-order valence-corrected chi connectivity index (χ2v) is 6.84. The molecule has 0 saturated carbocycles. The van der Waals surface area contributed by atoms with E-state index in [1.165, 1.54) is 16.1 Å². The Hall–Kier alpha value is -0.640. The number of benzene rings is 1. The SMILES string of the molecule is CC(C)C1(c2nc3cc(Cl)ccc3s2)CCNC1. The second-order valence-electron chi connectivity index (χ2n) is 5.37. The molecule has 1 saturated heterocycles. The van der Waals surface area contributed by atoms with Gasteiger partial charge in [-0.3, -0.25) is 0 Å². The first-order chi connectivity index (χ1) is 8.62. The molecule has 0 radical (unpaired) electrons. The summed E-state index contributed by atoms with van der Waals surface area (Å²) >= 11 is 7.86. The number of halogens is 1. The van der Waals surface area contributed by atoms with Crippen molar-refractivity contribution in [1.82, 2.24) is 10.3 Å². The summed E-state index contributed by atoms with van der Waals surface area (Å²) in [5.74, 6) is 0.600. The lowest BCUT2D eigenvalue weighted by Gasteiger charge is -2.30. The van der Waals surface area contributed by atoms with Crippen molar-refractivity contribution in [3.63, 3.8) is 0 Å². The van der Waals surface area contributed by atoms with Crippen molar-refractivity contribution in [2.45, 2.75) is 25.7 Å². The molecule has 0 spiro atoms. The molecule has 1 N–H and O–H groups in total. The van der Waals surface area contributed by atoms with Gasteiger partial charge in [-0.15, -0.1) is 11.3 Å². The maximum Gasteiger partial charge on any atom is 0.102 e. The van der Waals surface area contributed by atoms with Crippen LogP contribution in [0.4, 0.5) is 0 Å². The van der Waals surface area contributed by atoms with Crippen LogP contribution in [0.3, 0.4) is 0 Å². The summed E-state index contributed by atoms with van der Waals surface area (Å²) in [6.45, 7) is 6.73. The molecule has 1 aliphatic heterocycles. The second kappa shape index (κ2) is 4.48. The molecule has 0 bridgehead atoms. The molecular weight excluding hydrogens is 264 g/mol. The van der Waals surface area contributed by atoms with Crippen molar-refractivity contribution in [2.75, 3.05) is 13.1 Å². The molecule has 2 heterocycles. The van der Waals surface area contributed by atoms with E-state index < -0.39 is 0 Å². The summed E-state index contributed by atoms with van der Waals surface area (Å²) in [7, 11) is 0. The smallest absolute Gasteiger partial charge is 0.102 e. The normalized spacial score (nSPS) is 24.2. The largest absolute Gasteiger partial charge is 0.316 e. The standard InChI is InChI=1S/C14H17ClN2S/c1-9(2)14(5-6-16-8-14)13-17-11-7-10(15)3-4-12(11)18-13/h3-4,7,9,16H,5-6,8H2,1-2H3. The van der Waals surface area contributed by atoms with Gasteiger partial charge in [-0.25, -0.2) is 4.98 Å². The Labute approximate surface area is 116 Å². The third kappa shape index (κ3) is 1.85. The number of rotatable bonds is 2. The van der Waals surface area contributed by atoms with Gasteiger partial charge in [-0.1, -0.05) is 25.4 Å². The van der Waals surface area contributed by atoms with Gasteiger partial charge in [0.1, 0.15) is 5.01 Å². The number of hydrogen-bond donors (Lipinski definition) is 1. The van der Waals surface area contributed by atoms with Crippen LogP contribution in [-0.4, -0.2) is 18.1 Å². The molecule has 1 aromatic carbocycles. The average molecular weight is 281 g/mol. The lowest BCUT2D eigenvalue weighted by atomic mass is 9.77. The van der Waals surface area contributed by atoms with Crippen molar-refractivity contribution in [3.05, 3.63) is 28.2 Å². The predicted molar refractivity (Wildman–Crippen MR) is 78.6 cm³/mol. The van der Waals surface area contributed by atoms with Gasteiger partial charge in [-0.2, -0.15) is 0 Å². The van der Waals surface area contributed by atoms with Crippen molar-refractivity contribution < 1.29 is 0 Å². The van der Waals surface area contributed by atoms with Gasteiger partial charge in [-0.05, 0) is 37.1 Å². The Bertz CT molecular complexity index is 570. The topological polar surface area (TPSA) is 24.9 Å². The number of nitrogens with zero attached hydrogens (tertiary/aromatic N) is 1. The summed E-state index contributed by atoms with van der Waals surface area (Å²) < 4.78 is 1.24. The third-order valence-electron chi connectivity index (χ3n) is 4.07. The zero-order valence-corrected chi connectivity index (χ0v) is 12.2. The number of aromatic nitrogens is 1. The average Bonchev–Trinajstić information content (AvgIpc) is 2.94. The van der Waals surface area contributed by atoms with E-state index in [4.69, 9.17) is 16.6 Å². The summed E-state index contributed by atoms with van der Waals surface area (Å²) in [4.78, 5) is 4.84. The monoisotopic (exact) mass is 280 g/mol. The van der Waals surface area contributed by atoms with Crippen molar-refractivity contribution in [1.29, 1.82) is 0 Å². The zero-order valence-electron chi connectivity index (χ0n) is 10.7. The Balaban J connectivity index is 2.12. The zero-order chi connectivity index (χ0) is 12.8. The molecule has 1 aromatic heterocycles. The van der Waals surface area contributed by atoms with E-state index in [-0.39, 0.29) is 5.41 Å². The molecule has 1 fully saturated rings. The number of fused-ring (bicyclic) bond motifs is 1. The van der Waals surface area contributed by atoms with Gasteiger partial charge in [0.15, 0.2) is 0 Å². The van der Waals surface area contributed by atoms with Crippen LogP contribution in [0, 0.1) is 5.92 Å². The highest BCUT2D eigenvalue weighted by Gasteiger charge is 2.41. The van der Waals surface area contributed by atoms with Gasteiger partial charge in [0, 0.05) is 17.0 Å². The molecule has 2 aromatic rings. The van der Waals surface area contributed by atoms with E-state index in [2.05, 4.69) is 25.2 Å². The van der Waals surface area contributed by atoms with Gasteiger partial charge in [0.25, 0.3) is 0 Å². The predicted octanol–water partition coefficient (Wildman–Crippen LogP) is 3.84. The van der Waals surface area contributed by atoms with Crippen molar-refractivity contribution in [3.8, 4) is 0 Å². The van der Waals surface area contributed by atoms with Crippen LogP contribution in [0.15, 0.2) is 18.2 Å². The molecule has 0 amide bonds. The van der Waals surface area contributed by atoms with Gasteiger partial charge in [0.2, 0.25) is 0 Å².